The minimum absolute atomic E-state index is 0. The molecule has 12 nitrogen and oxygen atoms in total. The Labute approximate surface area is 252 Å². The predicted octanol–water partition coefficient (Wildman–Crippen LogP) is 3.58. The number of carbonyl (C=O) groups excluding carboxylic acids is 2. The Morgan fingerprint density at radius 2 is 0.846 bits per heavy atom. The second kappa shape index (κ2) is 31.7. The van der Waals surface area contributed by atoms with Crippen molar-refractivity contribution in [3.8, 4) is 0 Å². The SMILES string of the molecule is CC(=O)O.CC(=O)O.CC(=O)O[IH]OC(C)=O.O=C(O)C(F)(F)F.O=C(O)C(F)(F)F.[Cu+].[Pd].[c-]1ccccc1. The fourth-order valence-electron chi connectivity index (χ4n) is 0.455. The summed E-state index contributed by atoms with van der Waals surface area (Å²) in [5.41, 5.74) is 0. The Hall–Kier alpha value is -2.47. The predicted molar refractivity (Wildman–Crippen MR) is 118 cm³/mol. The normalized spacial score (nSPS) is 8.56. The molecule has 21 heteroatoms. The molecule has 1 aromatic rings. The molecule has 0 fully saturated rings. The summed E-state index contributed by atoms with van der Waals surface area (Å²) in [4.78, 5) is 55.9. The molecule has 39 heavy (non-hydrogen) atoms. The van der Waals surface area contributed by atoms with Gasteiger partial charge in [-0.3, -0.25) is 9.59 Å². The average molecular weight is 841 g/mol. The van der Waals surface area contributed by atoms with Crippen molar-refractivity contribution in [1.82, 2.24) is 0 Å². The summed E-state index contributed by atoms with van der Waals surface area (Å²) in [6.07, 6.45) is -10.2. The molecule has 1 aromatic carbocycles. The van der Waals surface area contributed by atoms with Gasteiger partial charge in [-0.1, -0.05) is 0 Å². The van der Waals surface area contributed by atoms with Crippen LogP contribution in [0.2, 0.25) is 0 Å². The first kappa shape index (κ1) is 52.9. The van der Waals surface area contributed by atoms with Crippen LogP contribution in [-0.2, 0) is 72.4 Å². The van der Waals surface area contributed by atoms with Crippen molar-refractivity contribution in [1.29, 1.82) is 0 Å². The maximum atomic E-state index is 10.6. The maximum absolute atomic E-state index is 10.6. The molecule has 0 atom stereocenters. The van der Waals surface area contributed by atoms with Gasteiger partial charge in [-0.25, -0.2) is 9.59 Å². The quantitative estimate of drug-likeness (QED) is 0.146. The second-order valence-corrected chi connectivity index (χ2v) is 6.28. The van der Waals surface area contributed by atoms with Crippen LogP contribution < -0.4 is 0 Å². The molecule has 1 rings (SSSR count). The van der Waals surface area contributed by atoms with Crippen LogP contribution in [0.4, 0.5) is 26.3 Å². The van der Waals surface area contributed by atoms with Crippen molar-refractivity contribution < 1.29 is 119 Å². The number of hydrogen-bond acceptors (Lipinski definition) is 8. The van der Waals surface area contributed by atoms with Gasteiger partial charge in [0.1, 0.15) is 0 Å². The zero-order valence-corrected chi connectivity index (χ0v) is 24.6. The van der Waals surface area contributed by atoms with E-state index in [1.807, 2.05) is 30.3 Å². The van der Waals surface area contributed by atoms with Gasteiger partial charge in [-0.15, -0.1) is 0 Å². The first-order valence-corrected chi connectivity index (χ1v) is 10.3. The van der Waals surface area contributed by atoms with E-state index in [1.165, 1.54) is 13.8 Å². The summed E-state index contributed by atoms with van der Waals surface area (Å²) < 4.78 is 72.3. The van der Waals surface area contributed by atoms with Gasteiger partial charge in [0, 0.05) is 34.3 Å². The molecule has 0 heterocycles. The Kier molecular flexibility index (Phi) is 43.1. The number of hydrogen-bond donors (Lipinski definition) is 4. The van der Waals surface area contributed by atoms with Crippen molar-refractivity contribution in [2.24, 2.45) is 0 Å². The van der Waals surface area contributed by atoms with Gasteiger partial charge >= 0.3 is 105 Å². The molecule has 0 aliphatic rings. The van der Waals surface area contributed by atoms with E-state index < -0.39 is 70.2 Å². The Morgan fingerprint density at radius 1 is 0.641 bits per heavy atom. The molecule has 0 saturated carbocycles. The summed E-state index contributed by atoms with van der Waals surface area (Å²) in [7, 11) is 0. The van der Waals surface area contributed by atoms with Gasteiger partial charge < -0.3 is 20.4 Å². The molecule has 0 radical (unpaired) electrons. The van der Waals surface area contributed by atoms with E-state index in [0.29, 0.717) is 0 Å². The van der Waals surface area contributed by atoms with E-state index in [-0.39, 0.29) is 37.5 Å². The first-order chi connectivity index (χ1) is 16.5. The Balaban J connectivity index is -0.0000000637. The minimum atomic E-state index is -5.08. The van der Waals surface area contributed by atoms with Crippen LogP contribution in [0.3, 0.4) is 0 Å². The van der Waals surface area contributed by atoms with Gasteiger partial charge in [-0.05, 0) is 0 Å². The van der Waals surface area contributed by atoms with Crippen molar-refractivity contribution >= 4 is 57.9 Å². The first-order valence-electron chi connectivity index (χ1n) is 8.41. The van der Waals surface area contributed by atoms with Crippen LogP contribution in [-0.4, -0.2) is 68.6 Å². The van der Waals surface area contributed by atoms with Gasteiger partial charge in [0.25, 0.3) is 11.9 Å². The Bertz CT molecular complexity index is 727. The number of aliphatic carboxylic acids is 4. The van der Waals surface area contributed by atoms with E-state index in [2.05, 4.69) is 12.2 Å². The fraction of sp³-hybridized carbons (Fsp3) is 0.333. The summed E-state index contributed by atoms with van der Waals surface area (Å²) in [5, 5.41) is 29.1. The van der Waals surface area contributed by atoms with E-state index >= 15 is 0 Å². The summed E-state index contributed by atoms with van der Waals surface area (Å²) in [6.45, 7) is 4.71. The Morgan fingerprint density at radius 3 is 0.923 bits per heavy atom. The molecule has 0 aliphatic carbocycles. The molecule has 0 bridgehead atoms. The summed E-state index contributed by atoms with van der Waals surface area (Å²) in [6, 6.07) is 12.5. The molecule has 0 unspecified atom stereocenters. The molecule has 236 valence electrons. The topological polar surface area (TPSA) is 202 Å². The van der Waals surface area contributed by atoms with E-state index in [1.54, 1.807) is 0 Å². The van der Waals surface area contributed by atoms with Crippen molar-refractivity contribution in [3.63, 3.8) is 0 Å². The van der Waals surface area contributed by atoms with Crippen molar-refractivity contribution in [2.75, 3.05) is 0 Å². The molecular weight excluding hydrogens is 819 g/mol. The maximum Gasteiger partial charge on any atom is 1.00 e. The number of halogens is 7. The summed E-state index contributed by atoms with van der Waals surface area (Å²) in [5.74, 6) is -7.99. The van der Waals surface area contributed by atoms with Gasteiger partial charge in [0.15, 0.2) is 0 Å². The molecular formula is C18H22CuF6IO12Pd. The molecule has 0 saturated heterocycles. The van der Waals surface area contributed by atoms with E-state index in [0.717, 1.165) is 13.8 Å². The molecule has 0 amide bonds. The van der Waals surface area contributed by atoms with Crippen molar-refractivity contribution in [3.05, 3.63) is 36.4 Å². The van der Waals surface area contributed by atoms with Crippen LogP contribution in [0, 0.1) is 6.07 Å². The van der Waals surface area contributed by atoms with Gasteiger partial charge in [-0.2, -0.15) is 62.7 Å². The monoisotopic (exact) mass is 840 g/mol. The summed E-state index contributed by atoms with van der Waals surface area (Å²) >= 11 is -1.31. The van der Waals surface area contributed by atoms with Crippen molar-refractivity contribution in [2.45, 2.75) is 40.0 Å². The second-order valence-electron chi connectivity index (χ2n) is 4.94. The minimum Gasteiger partial charge on any atom is -0.475 e. The smallest absolute Gasteiger partial charge is 0.475 e. The van der Waals surface area contributed by atoms with Gasteiger partial charge in [0.2, 0.25) is 0 Å². The third kappa shape index (κ3) is 86.2. The molecule has 0 aromatic heterocycles. The zero-order valence-electron chi connectivity index (χ0n) is 19.7. The standard InChI is InChI=1S/C6H5.C4H7IO4.2C2HF3O2.2C2H4O2.Cu.Pd/c1-2-4-6-5-3-1;1-3(6)8-5-9-4(2)7;2*3-2(4,5)1(6)7;2*1-2(3)4;;/h1-5H;5H,1-2H3;2*(H,6,7);2*1H3,(H,3,4);;/q-1;;;;;;+1;. The van der Waals surface area contributed by atoms with E-state index in [4.69, 9.17) is 39.6 Å². The third-order valence-electron chi connectivity index (χ3n) is 1.39. The van der Waals surface area contributed by atoms with Gasteiger partial charge in [0.05, 0.1) is 0 Å². The number of benzene rings is 1. The number of carboxylic acid groups (broad SMARTS) is 4. The van der Waals surface area contributed by atoms with Crippen LogP contribution in [0.25, 0.3) is 0 Å². The number of rotatable bonds is 2. The average Bonchev–Trinajstić information content (AvgIpc) is 2.68. The van der Waals surface area contributed by atoms with Crippen LogP contribution in [0.15, 0.2) is 30.3 Å². The van der Waals surface area contributed by atoms with Crippen LogP contribution in [0.5, 0.6) is 0 Å². The largest absolute Gasteiger partial charge is 1.00 e. The third-order valence-corrected chi connectivity index (χ3v) is 3.12. The van der Waals surface area contributed by atoms with Crippen LogP contribution >= 0.6 is 22.0 Å². The molecule has 0 aliphatic heterocycles. The number of carboxylic acids is 4. The zero-order chi connectivity index (χ0) is 30.8. The number of carbonyl (C=O) groups is 6. The molecule has 4 N–H and O–H groups in total. The number of alkyl halides is 6. The molecule has 0 spiro atoms. The van der Waals surface area contributed by atoms with E-state index in [9.17, 15) is 35.9 Å². The van der Waals surface area contributed by atoms with Crippen LogP contribution in [0.1, 0.15) is 27.7 Å². The fourth-order valence-corrected chi connectivity index (χ4v) is 1.10.